The van der Waals surface area contributed by atoms with Gasteiger partial charge in [-0.05, 0) is 217 Å². The van der Waals surface area contributed by atoms with Gasteiger partial charge in [0, 0.05) is 73.8 Å². The number of rotatable bonds is 12. The lowest BCUT2D eigenvalue weighted by Gasteiger charge is -2.55. The minimum Gasteiger partial charge on any atom is -0.490 e. The van der Waals surface area contributed by atoms with Gasteiger partial charge in [0.1, 0.15) is 56.1 Å². The van der Waals surface area contributed by atoms with Crippen molar-refractivity contribution in [3.05, 3.63) is 267 Å². The lowest BCUT2D eigenvalue weighted by Crippen LogP contribution is -2.55. The quantitative estimate of drug-likeness (QED) is 0.0827. The van der Waals surface area contributed by atoms with Gasteiger partial charge in [-0.15, -0.1) is 20.4 Å². The van der Waals surface area contributed by atoms with E-state index in [1.165, 1.54) is 63.5 Å². The molecule has 9 heterocycles. The zero-order valence-corrected chi connectivity index (χ0v) is 69.3. The number of nitrogens with zero attached hydrogens (tertiary/aromatic N) is 7. The summed E-state index contributed by atoms with van der Waals surface area (Å²) in [6, 6.07) is 52.4. The third-order valence-electron chi connectivity index (χ3n) is 25.8. The number of aryl methyl sites for hydroxylation is 1. The van der Waals surface area contributed by atoms with Gasteiger partial charge in [0.2, 0.25) is 29.5 Å². The molecule has 624 valence electrons. The number of benzene rings is 8. The monoisotopic (exact) mass is 1750 g/mol. The Kier molecular flexibility index (Phi) is 21.3. The molecule has 124 heavy (non-hydrogen) atoms. The first-order valence-electron chi connectivity index (χ1n) is 40.2. The highest BCUT2D eigenvalue weighted by Gasteiger charge is 2.60. The third kappa shape index (κ3) is 14.8. The maximum absolute atomic E-state index is 13.4. The molecule has 6 aliphatic heterocycles. The summed E-state index contributed by atoms with van der Waals surface area (Å²) < 4.78 is 70.5. The third-order valence-corrected chi connectivity index (χ3v) is 30.7. The molecule has 4 N–H and O–H groups in total. The number of carbonyl (C=O) groups is 6. The van der Waals surface area contributed by atoms with Gasteiger partial charge in [-0.2, -0.15) is 18.4 Å². The summed E-state index contributed by atoms with van der Waals surface area (Å²) in [7, 11) is 0. The number of fused-ring (bicyclic) bond motifs is 3. The highest BCUT2D eigenvalue weighted by molar-refractivity contribution is 8.16. The van der Waals surface area contributed by atoms with Crippen LogP contribution in [0.2, 0.25) is 5.02 Å². The molecule has 0 spiro atoms. The fourth-order valence-corrected chi connectivity index (χ4v) is 24.9. The minimum atomic E-state index is -4.61. The summed E-state index contributed by atoms with van der Waals surface area (Å²) in [6.07, 6.45) is 6.27. The predicted octanol–water partition coefficient (Wildman–Crippen LogP) is 22.4. The smallest absolute Gasteiger partial charge is 0.435 e. The van der Waals surface area contributed by atoms with Crippen LogP contribution in [0.1, 0.15) is 144 Å². The fraction of sp³-hybridized carbons (Fsp3) is 0.287. The van der Waals surface area contributed by atoms with Gasteiger partial charge < -0.3 is 34.3 Å². The van der Waals surface area contributed by atoms with E-state index < -0.39 is 17.1 Å². The van der Waals surface area contributed by atoms with Crippen LogP contribution in [0.3, 0.4) is 0 Å². The summed E-state index contributed by atoms with van der Waals surface area (Å²) in [5, 5.41) is 37.8. The average Bonchev–Trinajstić information content (AvgIpc) is 1.17. The highest BCUT2D eigenvalue weighted by Crippen LogP contribution is 2.64. The maximum atomic E-state index is 13.4. The molecule has 3 aromatic heterocycles. The second-order valence-corrected chi connectivity index (χ2v) is 37.9. The van der Waals surface area contributed by atoms with E-state index in [0.29, 0.717) is 98.4 Å². The molecule has 4 saturated carbocycles. The first-order chi connectivity index (χ1) is 59.5. The molecular formula is C94H75ClF3N11O11S4. The zero-order valence-electron chi connectivity index (χ0n) is 65.3. The lowest BCUT2D eigenvalue weighted by atomic mass is 9.50. The Labute approximate surface area is 731 Å². The summed E-state index contributed by atoms with van der Waals surface area (Å²) in [5.74, 6) is 7.71. The van der Waals surface area contributed by atoms with E-state index in [0.717, 1.165) is 131 Å². The van der Waals surface area contributed by atoms with Crippen LogP contribution >= 0.6 is 58.6 Å². The van der Waals surface area contributed by atoms with Gasteiger partial charge >= 0.3 is 6.18 Å². The Morgan fingerprint density at radius 3 is 1.62 bits per heavy atom. The normalized spacial score (nSPS) is 26.2. The Bertz CT molecular complexity index is 6480. The van der Waals surface area contributed by atoms with Crippen molar-refractivity contribution in [1.82, 2.24) is 46.6 Å². The molecule has 4 saturated heterocycles. The van der Waals surface area contributed by atoms with Crippen molar-refractivity contribution in [3.8, 4) is 58.2 Å². The van der Waals surface area contributed by atoms with Gasteiger partial charge in [0.05, 0.1) is 23.2 Å². The molecular weight excluding hydrogens is 1680 g/mol. The van der Waals surface area contributed by atoms with Gasteiger partial charge in [-0.25, -0.2) is 9.83 Å². The number of imide groups is 2. The number of nitriles is 1. The second kappa shape index (κ2) is 32.3. The molecule has 6 amide bonds. The number of hydrogen-bond acceptors (Lipinski definition) is 21. The summed E-state index contributed by atoms with van der Waals surface area (Å²) in [6.45, 7) is 17.5. The standard InChI is InChI=1S/C25H18N2O4S.C24H18F3N3O2S.C24H18N4O2S.C20H17ClN2O3S.CH4/c1-26-19-8-9-20(17-5-3-2-4-16(17)19)30-14-6-7-18-21(12-14)31-15-10-13(11-15)22(18)23-24(28)27-25(29)32-23;1-11-20(33-23(31)28-11)19-13-8-12(9-13)18-10-14(6-7-15(18)19)32-22-17-5-3-2-4-16(17)21(29-30-22)24(25,26)27;1-12-22(31-24(29)26-12)21-14-8-13(9-14)19-10-15(6-7-17(19)21)30-23-18-5-3-2-4-16(18)20(11-25)27-28-23;1-10-4-15(21)18(22-9-10)26-13-2-3-14-12(6-13)5-11-7-20(14,8-11)16-17(24)23-19(25)27-16;/h2-9,12-13,15,22-23H,10-11H2,(H,27,28,29);2-7,10,12-13,19-20H,1,8-9H2,(H,28,31);2-7,10,13-14,21-22H,1,8-9H2,(H,26,29);2-4,6,9,11,16H,5,7-8H2,1H3,(H,23,24,25);1H4/t;12?,13?,19-,20?;13?,14?,21-,22?;;/m.11../s1. The number of pyridine rings is 1. The Balaban J connectivity index is 0.000000108. The maximum Gasteiger partial charge on any atom is 0.435 e. The van der Waals surface area contributed by atoms with Crippen LogP contribution in [0.25, 0.3) is 37.2 Å². The number of amides is 6. The van der Waals surface area contributed by atoms with Crippen molar-refractivity contribution in [1.29, 1.82) is 5.26 Å². The molecule has 8 aromatic carbocycles. The zero-order chi connectivity index (χ0) is 84.6. The molecule has 7 atom stereocenters. The molecule has 8 bridgehead atoms. The molecule has 0 radical (unpaired) electrons. The summed E-state index contributed by atoms with van der Waals surface area (Å²) in [4.78, 5) is 79.8. The van der Waals surface area contributed by atoms with Crippen molar-refractivity contribution in [2.24, 2.45) is 23.7 Å². The summed E-state index contributed by atoms with van der Waals surface area (Å²) in [5.41, 5.74) is 10.4. The SMILES string of the molecule is C.C=C1NC(=O)SC1[C@H]1c2ccc(Oc3nnc(C#N)c4ccccc34)cc2C2CC1C2.C=C1NC(=O)SC1[C@H]1c2ccc(Oc3nnc(C(F)(F)F)c4ccccc34)cc2C2CC1C2.Cc1cnc(Oc2ccc3c(c2)CC2CC3(C3SC(=O)NC3=O)C2)c(Cl)c1.[C-]#[N+]c1ccc(Oc2ccc3c(c2)OC2CC(C2)C3C2SC(=O)NC2=O)c2ccccc12. The van der Waals surface area contributed by atoms with Crippen LogP contribution in [-0.4, -0.2) is 85.3 Å². The number of hydrogen-bond donors (Lipinski definition) is 4. The molecule has 27 rings (SSSR count). The number of aromatic nitrogens is 5. The van der Waals surface area contributed by atoms with Crippen molar-refractivity contribution in [3.63, 3.8) is 0 Å². The van der Waals surface area contributed by atoms with E-state index in [1.54, 1.807) is 24.4 Å². The molecule has 30 heteroatoms. The van der Waals surface area contributed by atoms with Gasteiger partial charge in [-0.3, -0.25) is 39.4 Å². The first kappa shape index (κ1) is 81.7. The summed E-state index contributed by atoms with van der Waals surface area (Å²) >= 11 is 11.1. The van der Waals surface area contributed by atoms with Crippen LogP contribution in [0.5, 0.6) is 52.1 Å². The van der Waals surface area contributed by atoms with Gasteiger partial charge in [-0.1, -0.05) is 170 Å². The van der Waals surface area contributed by atoms with E-state index in [9.17, 15) is 47.2 Å². The van der Waals surface area contributed by atoms with Crippen molar-refractivity contribution < 1.29 is 65.6 Å². The fourth-order valence-electron chi connectivity index (χ4n) is 20.2. The van der Waals surface area contributed by atoms with Crippen LogP contribution in [-0.2, 0) is 27.6 Å². The molecule has 8 fully saturated rings. The van der Waals surface area contributed by atoms with Crippen LogP contribution in [0.4, 0.5) is 38.0 Å². The van der Waals surface area contributed by atoms with Crippen LogP contribution < -0.4 is 45.0 Å². The number of halogens is 4. The molecule has 10 aliphatic carbocycles. The largest absolute Gasteiger partial charge is 0.490 e. The van der Waals surface area contributed by atoms with E-state index in [1.807, 2.05) is 128 Å². The van der Waals surface area contributed by atoms with E-state index >= 15 is 0 Å². The van der Waals surface area contributed by atoms with E-state index in [4.69, 9.17) is 41.9 Å². The van der Waals surface area contributed by atoms with Crippen molar-refractivity contribution in [2.45, 2.75) is 140 Å². The van der Waals surface area contributed by atoms with Gasteiger partial charge in [0.25, 0.3) is 21.0 Å². The second-order valence-electron chi connectivity index (χ2n) is 33.0. The predicted molar refractivity (Wildman–Crippen MR) is 468 cm³/mol. The van der Waals surface area contributed by atoms with E-state index in [2.05, 4.69) is 82.9 Å². The van der Waals surface area contributed by atoms with Crippen LogP contribution in [0.15, 0.2) is 195 Å². The molecule has 16 aliphatic rings. The number of carbonyl (C=O) groups excluding carboxylic acids is 6. The van der Waals surface area contributed by atoms with Crippen molar-refractivity contribution in [2.75, 3.05) is 0 Å². The Morgan fingerprint density at radius 1 is 0.548 bits per heavy atom. The highest BCUT2D eigenvalue weighted by atomic mass is 35.5. The first-order valence-corrected chi connectivity index (χ1v) is 44.1. The Hall–Kier alpha value is -12.0. The number of nitrogens with one attached hydrogen (secondary N) is 4. The number of thioether (sulfide) groups is 4. The van der Waals surface area contributed by atoms with E-state index in [-0.39, 0.29) is 102 Å². The number of ether oxygens (including phenoxy) is 5. The molecule has 5 unspecified atom stereocenters. The molecule has 22 nitrogen and oxygen atoms in total. The minimum absolute atomic E-state index is 0. The lowest BCUT2D eigenvalue weighted by molar-refractivity contribution is -0.140. The average molecular weight is 1760 g/mol. The van der Waals surface area contributed by atoms with Gasteiger partial charge in [0.15, 0.2) is 17.1 Å². The van der Waals surface area contributed by atoms with Crippen LogP contribution in [0, 0.1) is 48.5 Å². The Morgan fingerprint density at radius 2 is 1.06 bits per heavy atom. The number of alkyl halides is 3. The van der Waals surface area contributed by atoms with Crippen molar-refractivity contribution >= 4 is 129 Å². The topological polar surface area (TPSA) is 289 Å². The molecule has 11 aromatic rings.